The van der Waals surface area contributed by atoms with Crippen molar-refractivity contribution in [2.24, 2.45) is 0 Å². The van der Waals surface area contributed by atoms with Crippen LogP contribution in [0.25, 0.3) is 0 Å². The van der Waals surface area contributed by atoms with Crippen molar-refractivity contribution >= 4 is 22.9 Å². The van der Waals surface area contributed by atoms with E-state index in [9.17, 15) is 0 Å². The SMILES string of the molecule is CCCNC(Cc1cccc(Cl)c1)Cc1cncs1. The number of nitrogens with zero attached hydrogens (tertiary/aromatic N) is 1. The Morgan fingerprint density at radius 2 is 2.26 bits per heavy atom. The summed E-state index contributed by atoms with van der Waals surface area (Å²) >= 11 is 7.77. The summed E-state index contributed by atoms with van der Waals surface area (Å²) in [6, 6.07) is 8.57. The first-order chi connectivity index (χ1) is 9.28. The molecule has 0 bridgehead atoms. The number of halogens is 1. The molecule has 4 heteroatoms. The fourth-order valence-corrected chi connectivity index (χ4v) is 2.99. The molecule has 0 aliphatic carbocycles. The largest absolute Gasteiger partial charge is 0.313 e. The minimum Gasteiger partial charge on any atom is -0.313 e. The van der Waals surface area contributed by atoms with Crippen molar-refractivity contribution in [3.63, 3.8) is 0 Å². The lowest BCUT2D eigenvalue weighted by Crippen LogP contribution is -2.33. The van der Waals surface area contributed by atoms with E-state index >= 15 is 0 Å². The fourth-order valence-electron chi connectivity index (χ4n) is 2.10. The second-order valence-corrected chi connectivity index (χ2v) is 6.06. The van der Waals surface area contributed by atoms with Gasteiger partial charge in [-0.25, -0.2) is 0 Å². The van der Waals surface area contributed by atoms with Crippen LogP contribution < -0.4 is 5.32 Å². The molecule has 1 unspecified atom stereocenters. The van der Waals surface area contributed by atoms with E-state index in [1.54, 1.807) is 11.3 Å². The number of hydrogen-bond donors (Lipinski definition) is 1. The van der Waals surface area contributed by atoms with E-state index in [4.69, 9.17) is 11.6 Å². The van der Waals surface area contributed by atoms with Gasteiger partial charge in [-0.2, -0.15) is 0 Å². The predicted molar refractivity (Wildman–Crippen MR) is 83.1 cm³/mol. The molecule has 0 fully saturated rings. The van der Waals surface area contributed by atoms with E-state index in [1.165, 1.54) is 10.4 Å². The average molecular weight is 295 g/mol. The van der Waals surface area contributed by atoms with Gasteiger partial charge in [0, 0.05) is 22.1 Å². The molecule has 2 nitrogen and oxygen atoms in total. The highest BCUT2D eigenvalue weighted by Crippen LogP contribution is 2.15. The lowest BCUT2D eigenvalue weighted by molar-refractivity contribution is 0.507. The van der Waals surface area contributed by atoms with Crippen LogP contribution in [0.4, 0.5) is 0 Å². The van der Waals surface area contributed by atoms with E-state index in [1.807, 2.05) is 23.8 Å². The molecule has 1 heterocycles. The van der Waals surface area contributed by atoms with Crippen molar-refractivity contribution in [2.75, 3.05) is 6.54 Å². The lowest BCUT2D eigenvalue weighted by Gasteiger charge is -2.18. The van der Waals surface area contributed by atoms with Gasteiger partial charge in [-0.15, -0.1) is 11.3 Å². The summed E-state index contributed by atoms with van der Waals surface area (Å²) in [6.45, 7) is 3.24. The first-order valence-corrected chi connectivity index (χ1v) is 7.89. The van der Waals surface area contributed by atoms with Crippen LogP contribution >= 0.6 is 22.9 Å². The second kappa shape index (κ2) is 7.63. The van der Waals surface area contributed by atoms with Crippen LogP contribution in [-0.2, 0) is 12.8 Å². The molecule has 0 aliphatic rings. The Kier molecular flexibility index (Phi) is 5.83. The van der Waals surface area contributed by atoms with E-state index in [2.05, 4.69) is 29.4 Å². The smallest absolute Gasteiger partial charge is 0.0794 e. The van der Waals surface area contributed by atoms with E-state index in [-0.39, 0.29) is 0 Å². The van der Waals surface area contributed by atoms with Gasteiger partial charge in [-0.05, 0) is 43.5 Å². The molecule has 1 atom stereocenters. The van der Waals surface area contributed by atoms with Crippen molar-refractivity contribution in [1.29, 1.82) is 0 Å². The van der Waals surface area contributed by atoms with E-state index in [0.717, 1.165) is 30.8 Å². The van der Waals surface area contributed by atoms with Crippen molar-refractivity contribution in [3.8, 4) is 0 Å². The Labute approximate surface area is 123 Å². The minimum atomic E-state index is 0.443. The quantitative estimate of drug-likeness (QED) is 0.836. The number of rotatable bonds is 7. The standard InChI is InChI=1S/C15H19ClN2S/c1-2-6-18-14(9-15-10-17-11-19-15)8-12-4-3-5-13(16)7-12/h3-5,7,10-11,14,18H,2,6,8-9H2,1H3. The van der Waals surface area contributed by atoms with Crippen LogP contribution in [0.5, 0.6) is 0 Å². The lowest BCUT2D eigenvalue weighted by atomic mass is 10.0. The molecule has 1 N–H and O–H groups in total. The first-order valence-electron chi connectivity index (χ1n) is 6.63. The molecule has 2 aromatic rings. The number of aromatic nitrogens is 1. The summed E-state index contributed by atoms with van der Waals surface area (Å²) in [6.07, 6.45) is 5.13. The molecule has 0 amide bonds. The molecule has 2 rings (SSSR count). The summed E-state index contributed by atoms with van der Waals surface area (Å²) in [5.74, 6) is 0. The summed E-state index contributed by atoms with van der Waals surface area (Å²) < 4.78 is 0. The topological polar surface area (TPSA) is 24.9 Å². The predicted octanol–water partition coefficient (Wildman–Crippen LogP) is 3.95. The van der Waals surface area contributed by atoms with Crippen molar-refractivity contribution in [3.05, 3.63) is 51.4 Å². The normalized spacial score (nSPS) is 12.5. The van der Waals surface area contributed by atoms with Crippen molar-refractivity contribution in [1.82, 2.24) is 10.3 Å². The molecule has 1 aromatic heterocycles. The summed E-state index contributed by atoms with van der Waals surface area (Å²) in [7, 11) is 0. The zero-order valence-corrected chi connectivity index (χ0v) is 12.7. The minimum absolute atomic E-state index is 0.443. The van der Waals surface area contributed by atoms with Gasteiger partial charge in [0.15, 0.2) is 0 Å². The number of hydrogen-bond acceptors (Lipinski definition) is 3. The van der Waals surface area contributed by atoms with Crippen molar-refractivity contribution in [2.45, 2.75) is 32.2 Å². The van der Waals surface area contributed by atoms with Gasteiger partial charge < -0.3 is 5.32 Å². The van der Waals surface area contributed by atoms with Gasteiger partial charge in [0.2, 0.25) is 0 Å². The average Bonchev–Trinajstić information content (AvgIpc) is 2.89. The van der Waals surface area contributed by atoms with Crippen LogP contribution in [0.3, 0.4) is 0 Å². The van der Waals surface area contributed by atoms with Crippen LogP contribution in [0, 0.1) is 0 Å². The Morgan fingerprint density at radius 1 is 1.37 bits per heavy atom. The maximum atomic E-state index is 6.05. The van der Waals surface area contributed by atoms with Gasteiger partial charge in [-0.3, -0.25) is 4.98 Å². The highest BCUT2D eigenvalue weighted by Gasteiger charge is 2.11. The van der Waals surface area contributed by atoms with Gasteiger partial charge in [0.25, 0.3) is 0 Å². The Hall–Kier alpha value is -0.900. The van der Waals surface area contributed by atoms with Gasteiger partial charge in [0.05, 0.1) is 5.51 Å². The van der Waals surface area contributed by atoms with Gasteiger partial charge >= 0.3 is 0 Å². The summed E-state index contributed by atoms with van der Waals surface area (Å²) in [5, 5.41) is 4.42. The zero-order valence-electron chi connectivity index (χ0n) is 11.1. The molecule has 1 aromatic carbocycles. The van der Waals surface area contributed by atoms with Gasteiger partial charge in [0.1, 0.15) is 0 Å². The maximum Gasteiger partial charge on any atom is 0.0794 e. The Morgan fingerprint density at radius 3 is 2.95 bits per heavy atom. The molecule has 0 aliphatic heterocycles. The molecule has 0 saturated heterocycles. The highest BCUT2D eigenvalue weighted by molar-refractivity contribution is 7.09. The molecular formula is C15H19ClN2S. The summed E-state index contributed by atoms with van der Waals surface area (Å²) in [4.78, 5) is 5.48. The van der Waals surface area contributed by atoms with E-state index < -0.39 is 0 Å². The molecule has 102 valence electrons. The van der Waals surface area contributed by atoms with E-state index in [0.29, 0.717) is 6.04 Å². The van der Waals surface area contributed by atoms with Crippen LogP contribution in [-0.4, -0.2) is 17.6 Å². The van der Waals surface area contributed by atoms with Crippen LogP contribution in [0.1, 0.15) is 23.8 Å². The maximum absolute atomic E-state index is 6.05. The summed E-state index contributed by atoms with van der Waals surface area (Å²) in [5.41, 5.74) is 3.18. The Balaban J connectivity index is 2.00. The van der Waals surface area contributed by atoms with Crippen molar-refractivity contribution < 1.29 is 0 Å². The first kappa shape index (κ1) is 14.5. The molecular weight excluding hydrogens is 276 g/mol. The number of thiazole rings is 1. The number of benzene rings is 1. The Bertz CT molecular complexity index is 485. The van der Waals surface area contributed by atoms with Crippen LogP contribution in [0.2, 0.25) is 5.02 Å². The monoisotopic (exact) mass is 294 g/mol. The molecule has 0 saturated carbocycles. The third-order valence-electron chi connectivity index (χ3n) is 2.99. The van der Waals surface area contributed by atoms with Gasteiger partial charge in [-0.1, -0.05) is 30.7 Å². The fraction of sp³-hybridized carbons (Fsp3) is 0.400. The van der Waals surface area contributed by atoms with Crippen LogP contribution in [0.15, 0.2) is 36.0 Å². The third kappa shape index (κ3) is 4.94. The second-order valence-electron chi connectivity index (χ2n) is 4.66. The third-order valence-corrected chi connectivity index (χ3v) is 4.02. The highest BCUT2D eigenvalue weighted by atomic mass is 35.5. The zero-order chi connectivity index (χ0) is 13.5. The molecule has 0 spiro atoms. The molecule has 0 radical (unpaired) electrons. The number of nitrogens with one attached hydrogen (secondary N) is 1. The molecule has 19 heavy (non-hydrogen) atoms.